The van der Waals surface area contributed by atoms with Gasteiger partial charge < -0.3 is 10.4 Å². The van der Waals surface area contributed by atoms with Crippen LogP contribution >= 0.6 is 11.3 Å². The molecule has 2 N–H and O–H groups in total. The van der Waals surface area contributed by atoms with Crippen LogP contribution in [0.25, 0.3) is 0 Å². The number of rotatable bonds is 7. The molecule has 0 spiro atoms. The Labute approximate surface area is 140 Å². The monoisotopic (exact) mass is 324 g/mol. The average molecular weight is 324 g/mol. The molecule has 2 aromatic carbocycles. The molecule has 0 aliphatic heterocycles. The second kappa shape index (κ2) is 7.90. The molecular formula is C19H20N2OS. The molecule has 0 aliphatic carbocycles. The number of aromatic hydroxyl groups is 1. The number of hydrogen-bond donors (Lipinski definition) is 2. The maximum atomic E-state index is 9.45. The molecule has 3 aromatic rings. The highest BCUT2D eigenvalue weighted by Crippen LogP contribution is 2.14. The topological polar surface area (TPSA) is 45.1 Å². The van der Waals surface area contributed by atoms with Crippen molar-refractivity contribution in [1.29, 1.82) is 0 Å². The highest BCUT2D eigenvalue weighted by atomic mass is 32.1. The Morgan fingerprint density at radius 3 is 2.57 bits per heavy atom. The molecular weight excluding hydrogens is 304 g/mol. The van der Waals surface area contributed by atoms with E-state index in [2.05, 4.69) is 39.9 Å². The molecule has 3 rings (SSSR count). The molecule has 0 amide bonds. The van der Waals surface area contributed by atoms with E-state index in [1.165, 1.54) is 10.6 Å². The second-order valence-electron chi connectivity index (χ2n) is 5.49. The smallest absolute Gasteiger partial charge is 0.115 e. The Morgan fingerprint density at radius 2 is 1.74 bits per heavy atom. The van der Waals surface area contributed by atoms with Gasteiger partial charge in [-0.1, -0.05) is 42.5 Å². The first-order chi connectivity index (χ1) is 11.3. The van der Waals surface area contributed by atoms with Gasteiger partial charge in [-0.2, -0.15) is 0 Å². The van der Waals surface area contributed by atoms with Gasteiger partial charge in [-0.25, -0.2) is 4.98 Å². The van der Waals surface area contributed by atoms with Gasteiger partial charge in [-0.05, 0) is 29.7 Å². The van der Waals surface area contributed by atoms with Gasteiger partial charge in [0.2, 0.25) is 0 Å². The Balaban J connectivity index is 1.46. The lowest BCUT2D eigenvalue weighted by Gasteiger charge is -2.03. The van der Waals surface area contributed by atoms with E-state index < -0.39 is 0 Å². The summed E-state index contributed by atoms with van der Waals surface area (Å²) in [5.74, 6) is 0.307. The van der Waals surface area contributed by atoms with E-state index in [4.69, 9.17) is 0 Å². The average Bonchev–Trinajstić information content (AvgIpc) is 3.02. The number of phenols is 1. The van der Waals surface area contributed by atoms with Crippen molar-refractivity contribution in [2.45, 2.75) is 25.9 Å². The van der Waals surface area contributed by atoms with Crippen LogP contribution in [0.4, 0.5) is 0 Å². The predicted molar refractivity (Wildman–Crippen MR) is 94.6 cm³/mol. The summed E-state index contributed by atoms with van der Waals surface area (Å²) >= 11 is 1.73. The standard InChI is InChI=1S/C19H20N2OS/c22-18-8-4-7-16(11-18)12-20-13-17-14-23-19(21-17)10-9-15-5-2-1-3-6-15/h1-8,11,14,20,22H,9-10,12-13H2. The summed E-state index contributed by atoms with van der Waals surface area (Å²) in [7, 11) is 0. The normalized spacial score (nSPS) is 10.8. The van der Waals surface area contributed by atoms with E-state index in [0.717, 1.165) is 37.2 Å². The molecule has 0 fully saturated rings. The minimum absolute atomic E-state index is 0.307. The lowest BCUT2D eigenvalue weighted by molar-refractivity contribution is 0.474. The Kier molecular flexibility index (Phi) is 5.40. The fourth-order valence-corrected chi connectivity index (χ4v) is 3.24. The van der Waals surface area contributed by atoms with Crippen LogP contribution in [0.5, 0.6) is 5.75 Å². The Morgan fingerprint density at radius 1 is 0.913 bits per heavy atom. The highest BCUT2D eigenvalue weighted by Gasteiger charge is 2.03. The molecule has 0 saturated heterocycles. The number of benzene rings is 2. The van der Waals surface area contributed by atoms with Gasteiger partial charge in [-0.15, -0.1) is 11.3 Å². The summed E-state index contributed by atoms with van der Waals surface area (Å²) in [6.45, 7) is 1.47. The molecule has 1 aromatic heterocycles. The Bertz CT molecular complexity index is 740. The first-order valence-electron chi connectivity index (χ1n) is 7.75. The molecule has 0 saturated carbocycles. The minimum atomic E-state index is 0.307. The van der Waals surface area contributed by atoms with Gasteiger partial charge >= 0.3 is 0 Å². The molecule has 0 bridgehead atoms. The zero-order valence-electron chi connectivity index (χ0n) is 12.9. The number of aryl methyl sites for hydroxylation is 2. The predicted octanol–water partition coefficient (Wildman–Crippen LogP) is 3.92. The first-order valence-corrected chi connectivity index (χ1v) is 8.63. The maximum Gasteiger partial charge on any atom is 0.115 e. The summed E-state index contributed by atoms with van der Waals surface area (Å²) in [6.07, 6.45) is 2.02. The van der Waals surface area contributed by atoms with Crippen LogP contribution in [0.3, 0.4) is 0 Å². The highest BCUT2D eigenvalue weighted by molar-refractivity contribution is 7.09. The van der Waals surface area contributed by atoms with Crippen LogP contribution in [0.2, 0.25) is 0 Å². The fraction of sp³-hybridized carbons (Fsp3) is 0.211. The molecule has 4 heteroatoms. The van der Waals surface area contributed by atoms with Crippen molar-refractivity contribution in [3.8, 4) is 5.75 Å². The summed E-state index contributed by atoms with van der Waals surface area (Å²) in [4.78, 5) is 4.68. The summed E-state index contributed by atoms with van der Waals surface area (Å²) in [6, 6.07) is 17.8. The van der Waals surface area contributed by atoms with Crippen molar-refractivity contribution in [3.05, 3.63) is 81.8 Å². The number of aromatic nitrogens is 1. The molecule has 3 nitrogen and oxygen atoms in total. The Hall–Kier alpha value is -2.17. The summed E-state index contributed by atoms with van der Waals surface area (Å²) in [5.41, 5.74) is 3.51. The van der Waals surface area contributed by atoms with Crippen molar-refractivity contribution in [1.82, 2.24) is 10.3 Å². The minimum Gasteiger partial charge on any atom is -0.508 e. The number of hydrogen-bond acceptors (Lipinski definition) is 4. The third kappa shape index (κ3) is 4.91. The largest absolute Gasteiger partial charge is 0.508 e. The first kappa shape index (κ1) is 15.7. The van der Waals surface area contributed by atoms with E-state index in [1.807, 2.05) is 18.2 Å². The van der Waals surface area contributed by atoms with Crippen LogP contribution in [0.1, 0.15) is 21.8 Å². The van der Waals surface area contributed by atoms with Crippen molar-refractivity contribution < 1.29 is 5.11 Å². The maximum absolute atomic E-state index is 9.45. The zero-order valence-corrected chi connectivity index (χ0v) is 13.7. The van der Waals surface area contributed by atoms with Crippen LogP contribution < -0.4 is 5.32 Å². The fourth-order valence-electron chi connectivity index (χ4n) is 2.44. The number of nitrogens with one attached hydrogen (secondary N) is 1. The van der Waals surface area contributed by atoms with E-state index >= 15 is 0 Å². The summed E-state index contributed by atoms with van der Waals surface area (Å²) in [5, 5.41) is 16.1. The van der Waals surface area contributed by atoms with Crippen LogP contribution in [0, 0.1) is 0 Å². The van der Waals surface area contributed by atoms with E-state index in [0.29, 0.717) is 5.75 Å². The molecule has 23 heavy (non-hydrogen) atoms. The lowest BCUT2D eigenvalue weighted by atomic mass is 10.1. The van der Waals surface area contributed by atoms with Crippen molar-refractivity contribution >= 4 is 11.3 Å². The van der Waals surface area contributed by atoms with Gasteiger partial charge in [0.15, 0.2) is 0 Å². The number of phenolic OH excluding ortho intramolecular Hbond substituents is 1. The van der Waals surface area contributed by atoms with Crippen molar-refractivity contribution in [2.24, 2.45) is 0 Å². The molecule has 0 unspecified atom stereocenters. The molecule has 118 valence electrons. The van der Waals surface area contributed by atoms with Gasteiger partial charge in [0.05, 0.1) is 10.7 Å². The third-order valence-corrected chi connectivity index (χ3v) is 4.57. The van der Waals surface area contributed by atoms with Gasteiger partial charge in [0.1, 0.15) is 5.75 Å². The quantitative estimate of drug-likeness (QED) is 0.692. The molecule has 0 atom stereocenters. The van der Waals surface area contributed by atoms with Gasteiger partial charge in [0, 0.05) is 24.9 Å². The third-order valence-electron chi connectivity index (χ3n) is 3.62. The molecule has 0 aliphatic rings. The van der Waals surface area contributed by atoms with Crippen molar-refractivity contribution in [3.63, 3.8) is 0 Å². The molecule has 0 radical (unpaired) electrons. The van der Waals surface area contributed by atoms with Crippen LogP contribution in [-0.4, -0.2) is 10.1 Å². The van der Waals surface area contributed by atoms with E-state index in [1.54, 1.807) is 23.5 Å². The van der Waals surface area contributed by atoms with E-state index in [-0.39, 0.29) is 0 Å². The second-order valence-corrected chi connectivity index (χ2v) is 6.43. The van der Waals surface area contributed by atoms with Crippen LogP contribution in [0.15, 0.2) is 60.0 Å². The van der Waals surface area contributed by atoms with Crippen LogP contribution in [-0.2, 0) is 25.9 Å². The zero-order chi connectivity index (χ0) is 15.9. The van der Waals surface area contributed by atoms with Gasteiger partial charge in [0.25, 0.3) is 0 Å². The molecule has 1 heterocycles. The van der Waals surface area contributed by atoms with Gasteiger partial charge in [-0.3, -0.25) is 0 Å². The summed E-state index contributed by atoms with van der Waals surface area (Å²) < 4.78 is 0. The lowest BCUT2D eigenvalue weighted by Crippen LogP contribution is -2.12. The number of thiazole rings is 1. The number of nitrogens with zero attached hydrogens (tertiary/aromatic N) is 1. The van der Waals surface area contributed by atoms with Crippen molar-refractivity contribution in [2.75, 3.05) is 0 Å². The SMILES string of the molecule is Oc1cccc(CNCc2csc(CCc3ccccc3)n2)c1. The van der Waals surface area contributed by atoms with E-state index in [9.17, 15) is 5.11 Å².